The molecule has 1 amide bonds. The van der Waals surface area contributed by atoms with Gasteiger partial charge in [0, 0.05) is 40.0 Å². The fraction of sp³-hybridized carbons (Fsp3) is 0.222. The Morgan fingerprint density at radius 1 is 1.12 bits per heavy atom. The highest BCUT2D eigenvalue weighted by Gasteiger charge is 2.37. The lowest BCUT2D eigenvalue weighted by Crippen LogP contribution is -2.37. The molecule has 0 aliphatic carbocycles. The maximum Gasteiger partial charge on any atom is 0.341 e. The van der Waals surface area contributed by atoms with Gasteiger partial charge in [-0.25, -0.2) is 9.78 Å². The van der Waals surface area contributed by atoms with Gasteiger partial charge in [-0.1, -0.05) is 62.4 Å². The highest BCUT2D eigenvalue weighted by Crippen LogP contribution is 2.40. The predicted molar refractivity (Wildman–Crippen MR) is 135 cm³/mol. The van der Waals surface area contributed by atoms with Crippen LogP contribution in [0.1, 0.15) is 42.5 Å². The fourth-order valence-electron chi connectivity index (χ4n) is 4.54. The average molecular weight is 472 g/mol. The summed E-state index contributed by atoms with van der Waals surface area (Å²) in [5.41, 5.74) is 3.87. The van der Waals surface area contributed by atoms with E-state index in [4.69, 9.17) is 4.74 Å². The van der Waals surface area contributed by atoms with Crippen LogP contribution >= 0.6 is 11.3 Å². The van der Waals surface area contributed by atoms with Crippen LogP contribution in [0.3, 0.4) is 0 Å². The molecule has 1 N–H and O–H groups in total. The molecule has 5 rings (SSSR count). The minimum absolute atomic E-state index is 0.246. The summed E-state index contributed by atoms with van der Waals surface area (Å²) in [5, 5.41) is 3.59. The summed E-state index contributed by atoms with van der Waals surface area (Å²) in [7, 11) is 0. The van der Waals surface area contributed by atoms with E-state index in [0.717, 1.165) is 27.0 Å². The van der Waals surface area contributed by atoms with Crippen LogP contribution in [0.25, 0.3) is 27.0 Å². The largest absolute Gasteiger partial charge is 0.462 e. The Morgan fingerprint density at radius 2 is 1.85 bits per heavy atom. The molecule has 1 aliphatic heterocycles. The number of nitrogens with zero attached hydrogens (tertiary/aromatic N) is 2. The monoisotopic (exact) mass is 471 g/mol. The van der Waals surface area contributed by atoms with E-state index in [2.05, 4.69) is 23.8 Å². The summed E-state index contributed by atoms with van der Waals surface area (Å²) in [4.78, 5) is 36.2. The lowest BCUT2D eigenvalue weighted by molar-refractivity contribution is -0.136. The molecule has 2 aromatic carbocycles. The van der Waals surface area contributed by atoms with Gasteiger partial charge in [0.05, 0.1) is 17.9 Å². The van der Waals surface area contributed by atoms with Gasteiger partial charge in [-0.05, 0) is 18.6 Å². The van der Waals surface area contributed by atoms with Crippen molar-refractivity contribution in [3.8, 4) is 10.6 Å². The number of fused-ring (bicyclic) bond motifs is 3. The van der Waals surface area contributed by atoms with Gasteiger partial charge in [0.1, 0.15) is 10.7 Å². The molecule has 4 aromatic rings. The Hall–Kier alpha value is -3.71. The zero-order valence-electron chi connectivity index (χ0n) is 19.3. The number of H-pyrrole nitrogens is 1. The SMILES string of the molecule is CCOC(=O)C1=CN(C(=O)c2csc(-c3ccccc3)n2)CC(C)(C)c2c1[nH]c1ccccc21. The molecule has 0 atom stereocenters. The first kappa shape index (κ1) is 22.1. The van der Waals surface area contributed by atoms with Gasteiger partial charge in [-0.2, -0.15) is 0 Å². The summed E-state index contributed by atoms with van der Waals surface area (Å²) in [6, 6.07) is 17.8. The average Bonchev–Trinajstić information content (AvgIpc) is 3.45. The molecule has 0 saturated carbocycles. The molecule has 0 unspecified atom stereocenters. The van der Waals surface area contributed by atoms with Crippen molar-refractivity contribution in [3.63, 3.8) is 0 Å². The summed E-state index contributed by atoms with van der Waals surface area (Å²) in [6.07, 6.45) is 1.62. The van der Waals surface area contributed by atoms with Crippen LogP contribution in [0.2, 0.25) is 0 Å². The number of nitrogens with one attached hydrogen (secondary N) is 1. The van der Waals surface area contributed by atoms with Crippen LogP contribution in [0.5, 0.6) is 0 Å². The number of para-hydroxylation sites is 1. The van der Waals surface area contributed by atoms with Crippen molar-refractivity contribution in [2.75, 3.05) is 13.2 Å². The third-order valence-electron chi connectivity index (χ3n) is 6.00. The first-order valence-corrected chi connectivity index (χ1v) is 12.1. The molecule has 6 nitrogen and oxygen atoms in total. The van der Waals surface area contributed by atoms with Crippen LogP contribution in [-0.4, -0.2) is 39.9 Å². The molecule has 1 aliphatic rings. The summed E-state index contributed by atoms with van der Waals surface area (Å²) in [6.45, 7) is 6.58. The zero-order valence-corrected chi connectivity index (χ0v) is 20.1. The molecular weight excluding hydrogens is 446 g/mol. The number of amides is 1. The van der Waals surface area contributed by atoms with Crippen LogP contribution < -0.4 is 0 Å². The third kappa shape index (κ3) is 3.82. The van der Waals surface area contributed by atoms with E-state index in [-0.39, 0.29) is 12.5 Å². The van der Waals surface area contributed by atoms with Crippen molar-refractivity contribution < 1.29 is 14.3 Å². The van der Waals surface area contributed by atoms with Crippen LogP contribution in [0.4, 0.5) is 0 Å². The Labute approximate surface area is 201 Å². The van der Waals surface area contributed by atoms with Gasteiger partial charge in [0.25, 0.3) is 5.91 Å². The number of carbonyl (C=O) groups is 2. The second kappa shape index (κ2) is 8.57. The second-order valence-corrected chi connectivity index (χ2v) is 9.76. The topological polar surface area (TPSA) is 75.3 Å². The number of aromatic nitrogens is 2. The van der Waals surface area contributed by atoms with Gasteiger partial charge in [-0.3, -0.25) is 4.79 Å². The molecule has 7 heteroatoms. The fourth-order valence-corrected chi connectivity index (χ4v) is 5.34. The predicted octanol–water partition coefficient (Wildman–Crippen LogP) is 5.63. The molecule has 0 radical (unpaired) electrons. The standard InChI is InChI=1S/C27H25N3O3S/c1-4-33-26(32)19-14-30(25(31)21-15-34-24(29-21)17-10-6-5-7-11-17)16-27(2,3)22-18-12-8-9-13-20(18)28-23(19)22/h5-15,28H,4,16H2,1-3H3. The van der Waals surface area contributed by atoms with Crippen molar-refractivity contribution in [2.45, 2.75) is 26.2 Å². The molecule has 0 spiro atoms. The molecular formula is C27H25N3O3S. The smallest absolute Gasteiger partial charge is 0.341 e. The van der Waals surface area contributed by atoms with Gasteiger partial charge >= 0.3 is 5.97 Å². The van der Waals surface area contributed by atoms with Crippen LogP contribution in [0.15, 0.2) is 66.2 Å². The molecule has 2 aromatic heterocycles. The van der Waals surface area contributed by atoms with Gasteiger partial charge in [0.15, 0.2) is 0 Å². The number of benzene rings is 2. The van der Waals surface area contributed by atoms with Crippen LogP contribution in [0, 0.1) is 0 Å². The molecule has 0 fully saturated rings. The van der Waals surface area contributed by atoms with E-state index < -0.39 is 11.4 Å². The molecule has 172 valence electrons. The first-order chi connectivity index (χ1) is 16.4. The van der Waals surface area contributed by atoms with E-state index in [0.29, 0.717) is 23.5 Å². The van der Waals surface area contributed by atoms with E-state index in [1.807, 2.05) is 54.6 Å². The van der Waals surface area contributed by atoms with E-state index in [1.54, 1.807) is 23.4 Å². The van der Waals surface area contributed by atoms with Crippen LogP contribution in [-0.2, 0) is 14.9 Å². The van der Waals surface area contributed by atoms with Crippen molar-refractivity contribution in [2.24, 2.45) is 0 Å². The second-order valence-electron chi connectivity index (χ2n) is 8.90. The van der Waals surface area contributed by atoms with E-state index in [1.165, 1.54) is 11.3 Å². The normalized spacial score (nSPS) is 14.9. The van der Waals surface area contributed by atoms with E-state index >= 15 is 0 Å². The summed E-state index contributed by atoms with van der Waals surface area (Å²) < 4.78 is 5.37. The Kier molecular flexibility index (Phi) is 5.57. The number of ether oxygens (including phenoxy) is 1. The number of esters is 1. The molecule has 3 heterocycles. The Bertz CT molecular complexity index is 1420. The van der Waals surface area contributed by atoms with Gasteiger partial charge in [0.2, 0.25) is 0 Å². The highest BCUT2D eigenvalue weighted by molar-refractivity contribution is 7.13. The number of rotatable bonds is 4. The van der Waals surface area contributed by atoms with Crippen molar-refractivity contribution in [1.29, 1.82) is 0 Å². The third-order valence-corrected chi connectivity index (χ3v) is 6.89. The minimum Gasteiger partial charge on any atom is -0.462 e. The molecule has 0 saturated heterocycles. The Balaban J connectivity index is 1.60. The molecule has 0 bridgehead atoms. The van der Waals surface area contributed by atoms with Gasteiger partial charge in [-0.15, -0.1) is 11.3 Å². The summed E-state index contributed by atoms with van der Waals surface area (Å²) in [5.74, 6) is -0.711. The lowest BCUT2D eigenvalue weighted by Gasteiger charge is -2.29. The van der Waals surface area contributed by atoms with Crippen molar-refractivity contribution >= 4 is 39.7 Å². The number of thiazole rings is 1. The highest BCUT2D eigenvalue weighted by atomic mass is 32.1. The Morgan fingerprint density at radius 3 is 2.62 bits per heavy atom. The number of hydrogen-bond acceptors (Lipinski definition) is 5. The minimum atomic E-state index is -0.464. The molecule has 34 heavy (non-hydrogen) atoms. The first-order valence-electron chi connectivity index (χ1n) is 11.2. The number of aromatic amines is 1. The maximum atomic E-state index is 13.6. The zero-order chi connectivity index (χ0) is 23.9. The summed E-state index contributed by atoms with van der Waals surface area (Å²) >= 11 is 1.43. The van der Waals surface area contributed by atoms with E-state index in [9.17, 15) is 9.59 Å². The number of carbonyl (C=O) groups excluding carboxylic acids is 2. The lowest BCUT2D eigenvalue weighted by atomic mass is 9.82. The maximum absolute atomic E-state index is 13.6. The van der Waals surface area contributed by atoms with Crippen molar-refractivity contribution in [3.05, 3.63) is 83.1 Å². The van der Waals surface area contributed by atoms with Gasteiger partial charge < -0.3 is 14.6 Å². The number of hydrogen-bond donors (Lipinski definition) is 1. The quantitative estimate of drug-likeness (QED) is 0.392. The van der Waals surface area contributed by atoms with Crippen molar-refractivity contribution in [1.82, 2.24) is 14.9 Å².